The summed E-state index contributed by atoms with van der Waals surface area (Å²) in [5, 5.41) is 12.9. The molecule has 0 unspecified atom stereocenters. The summed E-state index contributed by atoms with van der Waals surface area (Å²) in [6.45, 7) is 2.02. The van der Waals surface area contributed by atoms with Crippen LogP contribution in [-0.2, 0) is 5.75 Å². The molecule has 0 radical (unpaired) electrons. The number of benzene rings is 1. The van der Waals surface area contributed by atoms with Crippen LogP contribution in [0.5, 0.6) is 5.75 Å². The third-order valence-corrected chi connectivity index (χ3v) is 4.23. The second-order valence-corrected chi connectivity index (χ2v) is 5.82. The van der Waals surface area contributed by atoms with Crippen molar-refractivity contribution in [3.05, 3.63) is 41.8 Å². The Morgan fingerprint density at radius 3 is 2.91 bits per heavy atom. The van der Waals surface area contributed by atoms with Crippen LogP contribution in [0.2, 0.25) is 0 Å². The van der Waals surface area contributed by atoms with Crippen LogP contribution in [-0.4, -0.2) is 34.8 Å². The number of aliphatic hydroxyl groups excluding tert-OH is 1. The standard InChI is InChI=1S/C16H20FN3O2S/c1-3-12(9-21)19-14-7-8-18-16(20-14)23-10-11-5-4-6-13(22-2)15(11)17/h4-8,12,21H,3,9-10H2,1-2H3,(H,18,19,20)/t12-/m1/s1. The molecular formula is C16H20FN3O2S. The number of rotatable bonds is 8. The molecule has 0 amide bonds. The summed E-state index contributed by atoms with van der Waals surface area (Å²) < 4.78 is 19.1. The normalized spacial score (nSPS) is 12.0. The molecule has 2 N–H and O–H groups in total. The molecule has 5 nitrogen and oxygen atoms in total. The van der Waals surface area contributed by atoms with E-state index in [1.54, 1.807) is 30.5 Å². The second-order valence-electron chi connectivity index (χ2n) is 4.88. The van der Waals surface area contributed by atoms with Crippen LogP contribution in [0.3, 0.4) is 0 Å². The van der Waals surface area contributed by atoms with E-state index in [4.69, 9.17) is 4.74 Å². The van der Waals surface area contributed by atoms with Crippen LogP contribution < -0.4 is 10.1 Å². The van der Waals surface area contributed by atoms with E-state index in [0.29, 0.717) is 22.3 Å². The highest BCUT2D eigenvalue weighted by molar-refractivity contribution is 7.98. The maximum absolute atomic E-state index is 14.1. The van der Waals surface area contributed by atoms with E-state index in [1.807, 2.05) is 6.92 Å². The molecule has 0 saturated heterocycles. The molecule has 124 valence electrons. The van der Waals surface area contributed by atoms with Crippen molar-refractivity contribution >= 4 is 17.6 Å². The van der Waals surface area contributed by atoms with Crippen molar-refractivity contribution in [2.45, 2.75) is 30.3 Å². The predicted molar refractivity (Wildman–Crippen MR) is 89.3 cm³/mol. The van der Waals surface area contributed by atoms with Gasteiger partial charge in [0.25, 0.3) is 0 Å². The fourth-order valence-corrected chi connectivity index (χ4v) is 2.75. The molecule has 1 aromatic heterocycles. The van der Waals surface area contributed by atoms with Gasteiger partial charge in [0.05, 0.1) is 19.8 Å². The topological polar surface area (TPSA) is 67.3 Å². The van der Waals surface area contributed by atoms with E-state index in [0.717, 1.165) is 6.42 Å². The lowest BCUT2D eigenvalue weighted by atomic mass is 10.2. The molecule has 0 aliphatic heterocycles. The number of hydrogen-bond acceptors (Lipinski definition) is 6. The molecule has 0 aliphatic rings. The molecule has 2 aromatic rings. The lowest BCUT2D eigenvalue weighted by molar-refractivity contribution is 0.271. The van der Waals surface area contributed by atoms with Crippen molar-refractivity contribution < 1.29 is 14.2 Å². The van der Waals surface area contributed by atoms with E-state index in [-0.39, 0.29) is 24.2 Å². The summed E-state index contributed by atoms with van der Waals surface area (Å²) >= 11 is 1.34. The number of anilines is 1. The van der Waals surface area contributed by atoms with E-state index < -0.39 is 0 Å². The van der Waals surface area contributed by atoms with Gasteiger partial charge in [0.2, 0.25) is 0 Å². The van der Waals surface area contributed by atoms with Gasteiger partial charge in [-0.15, -0.1) is 0 Å². The number of aromatic nitrogens is 2. The Hall–Kier alpha value is -1.86. The Morgan fingerprint density at radius 2 is 2.22 bits per heavy atom. The van der Waals surface area contributed by atoms with Crippen molar-refractivity contribution in [2.75, 3.05) is 19.0 Å². The predicted octanol–water partition coefficient (Wildman–Crippen LogP) is 3.10. The van der Waals surface area contributed by atoms with Crippen LogP contribution in [0.1, 0.15) is 18.9 Å². The van der Waals surface area contributed by atoms with E-state index in [9.17, 15) is 9.50 Å². The molecule has 23 heavy (non-hydrogen) atoms. The van der Waals surface area contributed by atoms with Crippen molar-refractivity contribution in [1.29, 1.82) is 0 Å². The van der Waals surface area contributed by atoms with Crippen LogP contribution in [0.4, 0.5) is 10.2 Å². The van der Waals surface area contributed by atoms with E-state index in [1.165, 1.54) is 18.9 Å². The van der Waals surface area contributed by atoms with E-state index >= 15 is 0 Å². The maximum Gasteiger partial charge on any atom is 0.189 e. The summed E-state index contributed by atoms with van der Waals surface area (Å²) in [5.41, 5.74) is 0.540. The van der Waals surface area contributed by atoms with Gasteiger partial charge in [0, 0.05) is 17.5 Å². The number of nitrogens with zero attached hydrogens (tertiary/aromatic N) is 2. The highest BCUT2D eigenvalue weighted by Gasteiger charge is 2.10. The maximum atomic E-state index is 14.1. The minimum atomic E-state index is -0.358. The molecule has 1 atom stereocenters. The third-order valence-electron chi connectivity index (χ3n) is 3.32. The summed E-state index contributed by atoms with van der Waals surface area (Å²) in [6.07, 6.45) is 2.43. The third kappa shape index (κ3) is 4.80. The Morgan fingerprint density at radius 1 is 1.39 bits per heavy atom. The van der Waals surface area contributed by atoms with Gasteiger partial charge in [-0.1, -0.05) is 30.8 Å². The Labute approximate surface area is 139 Å². The molecule has 7 heteroatoms. The highest BCUT2D eigenvalue weighted by Crippen LogP contribution is 2.26. The van der Waals surface area contributed by atoms with Gasteiger partial charge >= 0.3 is 0 Å². The van der Waals surface area contributed by atoms with Crippen molar-refractivity contribution in [3.8, 4) is 5.75 Å². The van der Waals surface area contributed by atoms with Gasteiger partial charge < -0.3 is 15.2 Å². The fraction of sp³-hybridized carbons (Fsp3) is 0.375. The van der Waals surface area contributed by atoms with Crippen molar-refractivity contribution in [2.24, 2.45) is 0 Å². The number of hydrogen-bond donors (Lipinski definition) is 2. The van der Waals surface area contributed by atoms with Gasteiger partial charge in [-0.05, 0) is 18.6 Å². The van der Waals surface area contributed by atoms with Gasteiger partial charge in [-0.2, -0.15) is 0 Å². The largest absolute Gasteiger partial charge is 0.494 e. The van der Waals surface area contributed by atoms with Gasteiger partial charge in [0.15, 0.2) is 16.7 Å². The zero-order chi connectivity index (χ0) is 16.7. The summed E-state index contributed by atoms with van der Waals surface area (Å²) in [5.74, 6) is 0.926. The van der Waals surface area contributed by atoms with Crippen molar-refractivity contribution in [3.63, 3.8) is 0 Å². The molecular weight excluding hydrogens is 317 g/mol. The van der Waals surface area contributed by atoms with Crippen molar-refractivity contribution in [1.82, 2.24) is 9.97 Å². The first kappa shape index (κ1) is 17.5. The lowest BCUT2D eigenvalue weighted by Gasteiger charge is -2.14. The summed E-state index contributed by atoms with van der Waals surface area (Å²) in [4.78, 5) is 8.55. The van der Waals surface area contributed by atoms with E-state index in [2.05, 4.69) is 15.3 Å². The summed E-state index contributed by atoms with van der Waals surface area (Å²) in [7, 11) is 1.44. The van der Waals surface area contributed by atoms with Gasteiger partial charge in [0.1, 0.15) is 5.82 Å². The van der Waals surface area contributed by atoms with Crippen LogP contribution in [0.15, 0.2) is 35.6 Å². The number of aliphatic hydroxyl groups is 1. The first-order valence-corrected chi connectivity index (χ1v) is 8.31. The Bertz CT molecular complexity index is 638. The minimum absolute atomic E-state index is 0.0397. The van der Waals surface area contributed by atoms with Crippen LogP contribution in [0.25, 0.3) is 0 Å². The first-order chi connectivity index (χ1) is 11.2. The molecule has 0 saturated carbocycles. The molecule has 1 heterocycles. The highest BCUT2D eigenvalue weighted by atomic mass is 32.2. The molecule has 2 rings (SSSR count). The number of halogens is 1. The lowest BCUT2D eigenvalue weighted by Crippen LogP contribution is -2.23. The van der Waals surface area contributed by atoms with Gasteiger partial charge in [-0.25, -0.2) is 14.4 Å². The quantitative estimate of drug-likeness (QED) is 0.570. The molecule has 1 aromatic carbocycles. The van der Waals surface area contributed by atoms with Crippen LogP contribution >= 0.6 is 11.8 Å². The molecule has 0 fully saturated rings. The van der Waals surface area contributed by atoms with Gasteiger partial charge in [-0.3, -0.25) is 0 Å². The monoisotopic (exact) mass is 337 g/mol. The Balaban J connectivity index is 2.04. The Kier molecular flexibility index (Phi) is 6.61. The molecule has 0 bridgehead atoms. The fourth-order valence-electron chi connectivity index (χ4n) is 1.94. The number of ether oxygens (including phenoxy) is 1. The number of methoxy groups -OCH3 is 1. The van der Waals surface area contributed by atoms with Crippen LogP contribution in [0, 0.1) is 5.82 Å². The smallest absolute Gasteiger partial charge is 0.189 e. The second kappa shape index (κ2) is 8.69. The first-order valence-electron chi connectivity index (χ1n) is 7.32. The summed E-state index contributed by atoms with van der Waals surface area (Å²) in [6, 6.07) is 6.76. The minimum Gasteiger partial charge on any atom is -0.494 e. The number of nitrogens with one attached hydrogen (secondary N) is 1. The molecule has 0 spiro atoms. The average Bonchev–Trinajstić information content (AvgIpc) is 2.59. The average molecular weight is 337 g/mol. The SMILES string of the molecule is CC[C@H](CO)Nc1ccnc(SCc2cccc(OC)c2F)n1. The zero-order valence-corrected chi connectivity index (χ0v) is 13.9. The molecule has 0 aliphatic carbocycles. The zero-order valence-electron chi connectivity index (χ0n) is 13.1. The number of thioether (sulfide) groups is 1.